The van der Waals surface area contributed by atoms with Gasteiger partial charge in [-0.1, -0.05) is 35.9 Å². The van der Waals surface area contributed by atoms with Gasteiger partial charge in [0, 0.05) is 5.69 Å². The van der Waals surface area contributed by atoms with Gasteiger partial charge >= 0.3 is 12.0 Å². The third-order valence-corrected chi connectivity index (χ3v) is 4.50. The molecule has 0 heterocycles. The Kier molecular flexibility index (Phi) is 5.20. The predicted octanol–water partition coefficient (Wildman–Crippen LogP) is 1.98. The monoisotopic (exact) mass is 348 g/mol. The number of hydrogen-bond donors (Lipinski definition) is 2. The highest BCUT2D eigenvalue weighted by Gasteiger charge is 2.24. The fourth-order valence-electron chi connectivity index (χ4n) is 1.97. The smallest absolute Gasteiger partial charge is 0.336 e. The van der Waals surface area contributed by atoms with E-state index in [9.17, 15) is 18.0 Å². The van der Waals surface area contributed by atoms with Crippen LogP contribution in [0.4, 0.5) is 10.5 Å². The summed E-state index contributed by atoms with van der Waals surface area (Å²) in [4.78, 5) is 24.1. The van der Waals surface area contributed by atoms with Gasteiger partial charge in [0.15, 0.2) is 0 Å². The summed E-state index contributed by atoms with van der Waals surface area (Å²) in [5.74, 6) is -1.26. The number of carbonyl (C=O) groups excluding carboxylic acids is 1. The second-order valence-corrected chi connectivity index (χ2v) is 6.72. The summed E-state index contributed by atoms with van der Waals surface area (Å²) in [6.07, 6.45) is 0. The molecule has 0 fully saturated rings. The Balaban J connectivity index is 2.27. The van der Waals surface area contributed by atoms with Gasteiger partial charge in [0.05, 0.1) is 4.90 Å². The van der Waals surface area contributed by atoms with E-state index in [0.717, 1.165) is 10.5 Å². The van der Waals surface area contributed by atoms with Crippen LogP contribution < -0.4 is 9.62 Å². The number of anilines is 1. The fourth-order valence-corrected chi connectivity index (χ4v) is 2.92. The number of amides is 2. The van der Waals surface area contributed by atoms with Crippen molar-refractivity contribution in [1.29, 1.82) is 0 Å². The number of rotatable bonds is 5. The number of aryl methyl sites for hydroxylation is 1. The predicted molar refractivity (Wildman–Crippen MR) is 88.3 cm³/mol. The van der Waals surface area contributed by atoms with E-state index < -0.39 is 28.6 Å². The first-order chi connectivity index (χ1) is 11.3. The topological polar surface area (TPSA) is 104 Å². The summed E-state index contributed by atoms with van der Waals surface area (Å²) in [6.45, 7) is 1.14. The lowest BCUT2D eigenvalue weighted by atomic mass is 10.2. The molecule has 0 saturated carbocycles. The summed E-state index contributed by atoms with van der Waals surface area (Å²) in [6, 6.07) is 12.9. The van der Waals surface area contributed by atoms with Gasteiger partial charge in [0.2, 0.25) is 0 Å². The average Bonchev–Trinajstić information content (AvgIpc) is 2.53. The van der Waals surface area contributed by atoms with E-state index in [1.54, 1.807) is 37.3 Å². The summed E-state index contributed by atoms with van der Waals surface area (Å²) < 4.78 is 26.4. The molecule has 2 N–H and O–H groups in total. The molecule has 126 valence electrons. The maximum absolute atomic E-state index is 12.3. The molecule has 2 amide bonds. The van der Waals surface area contributed by atoms with Crippen LogP contribution in [0.5, 0.6) is 0 Å². The van der Waals surface area contributed by atoms with Crippen LogP contribution in [0.25, 0.3) is 0 Å². The molecule has 0 aromatic heterocycles. The van der Waals surface area contributed by atoms with Crippen molar-refractivity contribution in [2.75, 3.05) is 11.4 Å². The van der Waals surface area contributed by atoms with Gasteiger partial charge in [-0.05, 0) is 31.2 Å². The van der Waals surface area contributed by atoms with Gasteiger partial charge in [-0.15, -0.1) is 0 Å². The van der Waals surface area contributed by atoms with Crippen LogP contribution in [0.15, 0.2) is 59.5 Å². The molecule has 0 saturated heterocycles. The van der Waals surface area contributed by atoms with Crippen molar-refractivity contribution in [1.82, 2.24) is 4.72 Å². The second-order valence-electron chi connectivity index (χ2n) is 5.04. The maximum Gasteiger partial charge on any atom is 0.336 e. The van der Waals surface area contributed by atoms with Crippen molar-refractivity contribution in [2.45, 2.75) is 11.8 Å². The van der Waals surface area contributed by atoms with Crippen molar-refractivity contribution in [3.63, 3.8) is 0 Å². The van der Waals surface area contributed by atoms with Gasteiger partial charge in [-0.2, -0.15) is 0 Å². The van der Waals surface area contributed by atoms with E-state index in [2.05, 4.69) is 0 Å². The molecule has 7 nitrogen and oxygen atoms in total. The number of hydrogen-bond acceptors (Lipinski definition) is 4. The van der Waals surface area contributed by atoms with Crippen molar-refractivity contribution >= 4 is 27.7 Å². The molecular formula is C16H16N2O5S. The van der Waals surface area contributed by atoms with Crippen molar-refractivity contribution in [3.05, 3.63) is 60.2 Å². The number of nitrogens with one attached hydrogen (secondary N) is 1. The first-order valence-corrected chi connectivity index (χ1v) is 8.46. The van der Waals surface area contributed by atoms with Crippen molar-refractivity contribution in [3.8, 4) is 0 Å². The van der Waals surface area contributed by atoms with Crippen LogP contribution in [-0.4, -0.2) is 32.1 Å². The van der Waals surface area contributed by atoms with Gasteiger partial charge in [-0.3, -0.25) is 9.69 Å². The Labute approximate surface area is 139 Å². The summed E-state index contributed by atoms with van der Waals surface area (Å²) in [5.41, 5.74) is 1.15. The van der Waals surface area contributed by atoms with E-state index in [-0.39, 0.29) is 10.6 Å². The number of carboxylic acids is 1. The second kappa shape index (κ2) is 7.14. The Hall–Kier alpha value is -2.87. The fraction of sp³-hybridized carbons (Fsp3) is 0.125. The Bertz CT molecular complexity index is 833. The lowest BCUT2D eigenvalue weighted by molar-refractivity contribution is -0.135. The van der Waals surface area contributed by atoms with Crippen LogP contribution in [0.1, 0.15) is 5.56 Å². The van der Waals surface area contributed by atoms with E-state index in [0.29, 0.717) is 0 Å². The molecule has 2 aromatic rings. The maximum atomic E-state index is 12.3. The SMILES string of the molecule is Cc1ccc(S(=O)(=O)NC(=O)N(CC(=O)O)c2ccccc2)cc1. The molecule has 0 bridgehead atoms. The number of nitrogens with zero attached hydrogens (tertiary/aromatic N) is 1. The number of benzene rings is 2. The van der Waals surface area contributed by atoms with Crippen LogP contribution in [-0.2, 0) is 14.8 Å². The Morgan fingerprint density at radius 1 is 1.04 bits per heavy atom. The molecule has 8 heteroatoms. The molecule has 0 aliphatic carbocycles. The molecule has 2 rings (SSSR count). The normalized spacial score (nSPS) is 10.9. The molecule has 0 spiro atoms. The number of carboxylic acid groups (broad SMARTS) is 1. The minimum atomic E-state index is -4.10. The quantitative estimate of drug-likeness (QED) is 0.860. The zero-order valence-corrected chi connectivity index (χ0v) is 13.7. The van der Waals surface area contributed by atoms with Gasteiger partial charge in [-0.25, -0.2) is 17.9 Å². The highest BCUT2D eigenvalue weighted by Crippen LogP contribution is 2.15. The Morgan fingerprint density at radius 2 is 1.62 bits per heavy atom. The minimum absolute atomic E-state index is 0.0789. The zero-order chi connectivity index (χ0) is 17.7. The third kappa shape index (κ3) is 4.32. The first-order valence-electron chi connectivity index (χ1n) is 6.97. The highest BCUT2D eigenvalue weighted by atomic mass is 32.2. The number of para-hydroxylation sites is 1. The number of carbonyl (C=O) groups is 2. The summed E-state index contributed by atoms with van der Waals surface area (Å²) in [5, 5.41) is 8.97. The molecular weight excluding hydrogens is 332 g/mol. The standard InChI is InChI=1S/C16H16N2O5S/c1-12-7-9-14(10-8-12)24(22,23)17-16(21)18(11-15(19)20)13-5-3-2-4-6-13/h2-10H,11H2,1H3,(H,17,21)(H,19,20). The average molecular weight is 348 g/mol. The van der Waals surface area contributed by atoms with E-state index >= 15 is 0 Å². The molecule has 0 aliphatic rings. The van der Waals surface area contributed by atoms with Crippen LogP contribution in [0.3, 0.4) is 0 Å². The Morgan fingerprint density at radius 3 is 2.17 bits per heavy atom. The number of aliphatic carboxylic acids is 1. The van der Waals surface area contributed by atoms with Crippen molar-refractivity contribution < 1.29 is 23.1 Å². The molecule has 0 aliphatic heterocycles. The number of urea groups is 1. The van der Waals surface area contributed by atoms with Crippen molar-refractivity contribution in [2.24, 2.45) is 0 Å². The molecule has 0 unspecified atom stereocenters. The van der Waals surface area contributed by atoms with Crippen LogP contribution in [0, 0.1) is 6.92 Å². The largest absolute Gasteiger partial charge is 0.480 e. The van der Waals surface area contributed by atoms with E-state index in [1.165, 1.54) is 24.3 Å². The highest BCUT2D eigenvalue weighted by molar-refractivity contribution is 7.90. The van der Waals surface area contributed by atoms with Crippen LogP contribution >= 0.6 is 0 Å². The van der Waals surface area contributed by atoms with E-state index in [4.69, 9.17) is 5.11 Å². The van der Waals surface area contributed by atoms with E-state index in [1.807, 2.05) is 4.72 Å². The molecule has 0 atom stereocenters. The number of sulfonamides is 1. The molecule has 0 radical (unpaired) electrons. The lowest BCUT2D eigenvalue weighted by Crippen LogP contribution is -2.45. The van der Waals surface area contributed by atoms with Crippen LogP contribution in [0.2, 0.25) is 0 Å². The summed E-state index contributed by atoms with van der Waals surface area (Å²) in [7, 11) is -4.10. The zero-order valence-electron chi connectivity index (χ0n) is 12.8. The first kappa shape index (κ1) is 17.5. The van der Waals surface area contributed by atoms with Gasteiger partial charge in [0.1, 0.15) is 6.54 Å². The molecule has 2 aromatic carbocycles. The third-order valence-electron chi connectivity index (χ3n) is 3.16. The van der Waals surface area contributed by atoms with Gasteiger partial charge in [0.25, 0.3) is 10.0 Å². The van der Waals surface area contributed by atoms with Gasteiger partial charge < -0.3 is 5.11 Å². The molecule has 24 heavy (non-hydrogen) atoms. The summed E-state index contributed by atoms with van der Waals surface area (Å²) >= 11 is 0. The lowest BCUT2D eigenvalue weighted by Gasteiger charge is -2.21. The minimum Gasteiger partial charge on any atom is -0.480 e.